The highest BCUT2D eigenvalue weighted by Crippen LogP contribution is 2.30. The Morgan fingerprint density at radius 1 is 1.24 bits per heavy atom. The Kier molecular flexibility index (Phi) is 3.04. The first kappa shape index (κ1) is 12.7. The van der Waals surface area contributed by atoms with Crippen LogP contribution < -0.4 is 5.32 Å². The van der Waals surface area contributed by atoms with E-state index in [-0.39, 0.29) is 5.91 Å². The molecule has 1 aromatic carbocycles. The van der Waals surface area contributed by atoms with E-state index in [2.05, 4.69) is 16.4 Å². The summed E-state index contributed by atoms with van der Waals surface area (Å²) in [6.07, 6.45) is 3.68. The van der Waals surface area contributed by atoms with Crippen molar-refractivity contribution in [3.8, 4) is 0 Å². The van der Waals surface area contributed by atoms with Gasteiger partial charge in [-0.25, -0.2) is 0 Å². The van der Waals surface area contributed by atoms with Crippen LogP contribution in [-0.2, 0) is 19.4 Å². The summed E-state index contributed by atoms with van der Waals surface area (Å²) in [5, 5.41) is 4.07. The first-order chi connectivity index (χ1) is 10.3. The summed E-state index contributed by atoms with van der Waals surface area (Å²) >= 11 is 1.84. The number of H-pyrrole nitrogens is 1. The van der Waals surface area contributed by atoms with Gasteiger partial charge in [0, 0.05) is 20.7 Å². The Morgan fingerprint density at radius 2 is 2.14 bits per heavy atom. The van der Waals surface area contributed by atoms with Crippen molar-refractivity contribution < 1.29 is 4.79 Å². The number of fused-ring (bicyclic) bond motifs is 2. The molecule has 0 saturated carbocycles. The van der Waals surface area contributed by atoms with E-state index < -0.39 is 0 Å². The van der Waals surface area contributed by atoms with Crippen molar-refractivity contribution in [2.24, 2.45) is 0 Å². The number of carbonyl (C=O) groups is 1. The zero-order valence-corrected chi connectivity index (χ0v) is 12.4. The molecule has 1 aliphatic rings. The number of benzene rings is 1. The topological polar surface area (TPSA) is 44.9 Å². The van der Waals surface area contributed by atoms with Gasteiger partial charge in [0.1, 0.15) is 5.69 Å². The van der Waals surface area contributed by atoms with E-state index in [1.807, 2.05) is 41.7 Å². The fourth-order valence-electron chi connectivity index (χ4n) is 2.94. The zero-order chi connectivity index (χ0) is 14.2. The second-order valence-electron chi connectivity index (χ2n) is 5.47. The molecular weight excluding hydrogens is 280 g/mol. The lowest BCUT2D eigenvalue weighted by atomic mass is 10.2. The summed E-state index contributed by atoms with van der Waals surface area (Å²) in [6, 6.07) is 12.1. The molecule has 2 heterocycles. The van der Waals surface area contributed by atoms with Crippen LogP contribution in [-0.4, -0.2) is 10.9 Å². The van der Waals surface area contributed by atoms with Crippen LogP contribution in [0.3, 0.4) is 0 Å². The van der Waals surface area contributed by atoms with Gasteiger partial charge in [-0.05, 0) is 43.0 Å². The van der Waals surface area contributed by atoms with Crippen molar-refractivity contribution in [1.82, 2.24) is 10.3 Å². The minimum Gasteiger partial charge on any atom is -0.351 e. The fourth-order valence-corrected chi connectivity index (χ4v) is 4.14. The summed E-state index contributed by atoms with van der Waals surface area (Å²) in [5.74, 6) is -0.0419. The van der Waals surface area contributed by atoms with E-state index in [9.17, 15) is 4.79 Å². The number of hydrogen-bond acceptors (Lipinski definition) is 2. The molecule has 0 fully saturated rings. The lowest BCUT2D eigenvalue weighted by molar-refractivity contribution is 0.0947. The third kappa shape index (κ3) is 2.36. The van der Waals surface area contributed by atoms with Crippen molar-refractivity contribution in [3.63, 3.8) is 0 Å². The monoisotopic (exact) mass is 296 g/mol. The molecule has 2 aromatic heterocycles. The third-order valence-corrected chi connectivity index (χ3v) is 5.23. The van der Waals surface area contributed by atoms with Gasteiger partial charge in [0.15, 0.2) is 0 Å². The van der Waals surface area contributed by atoms with Gasteiger partial charge in [-0.1, -0.05) is 18.2 Å². The second kappa shape index (κ2) is 5.04. The standard InChI is InChI=1S/C17H16N2OS/c20-17(15-9-11-4-1-2-6-14(11)19-15)18-10-13-8-12-5-3-7-16(12)21-13/h1-2,4,6,8-9,19H,3,5,7,10H2,(H,18,20). The SMILES string of the molecule is O=C(NCc1cc2c(s1)CCC2)c1cc2ccccc2[nH]1. The number of aromatic nitrogens is 1. The maximum atomic E-state index is 12.2. The van der Waals surface area contributed by atoms with Crippen LogP contribution in [0.4, 0.5) is 0 Å². The van der Waals surface area contributed by atoms with Gasteiger partial charge in [0.05, 0.1) is 6.54 Å². The smallest absolute Gasteiger partial charge is 0.268 e. The average molecular weight is 296 g/mol. The van der Waals surface area contributed by atoms with Crippen LogP contribution in [0.2, 0.25) is 0 Å². The predicted octanol–water partition coefficient (Wildman–Crippen LogP) is 3.65. The summed E-state index contributed by atoms with van der Waals surface area (Å²) in [6.45, 7) is 0.617. The van der Waals surface area contributed by atoms with E-state index in [0.717, 1.165) is 10.9 Å². The Balaban J connectivity index is 1.47. The molecule has 0 spiro atoms. The molecule has 0 saturated heterocycles. The van der Waals surface area contributed by atoms with E-state index >= 15 is 0 Å². The molecule has 2 N–H and O–H groups in total. The zero-order valence-electron chi connectivity index (χ0n) is 11.6. The van der Waals surface area contributed by atoms with Crippen molar-refractivity contribution in [2.75, 3.05) is 0 Å². The van der Waals surface area contributed by atoms with Crippen LogP contribution in [0.1, 0.15) is 32.2 Å². The van der Waals surface area contributed by atoms with Crippen molar-refractivity contribution in [2.45, 2.75) is 25.8 Å². The Labute approximate surface area is 127 Å². The maximum Gasteiger partial charge on any atom is 0.268 e. The number of aryl methyl sites for hydroxylation is 2. The lowest BCUT2D eigenvalue weighted by Gasteiger charge is -2.01. The number of hydrogen-bond donors (Lipinski definition) is 2. The number of rotatable bonds is 3. The van der Waals surface area contributed by atoms with E-state index in [0.29, 0.717) is 12.2 Å². The molecule has 0 aliphatic heterocycles. The molecule has 3 nitrogen and oxygen atoms in total. The maximum absolute atomic E-state index is 12.2. The van der Waals surface area contributed by atoms with Crippen molar-refractivity contribution in [3.05, 3.63) is 57.4 Å². The fraction of sp³-hybridized carbons (Fsp3) is 0.235. The number of para-hydroxylation sites is 1. The minimum atomic E-state index is -0.0419. The summed E-state index contributed by atoms with van der Waals surface area (Å²) in [4.78, 5) is 18.1. The average Bonchev–Trinajstić information content (AvgIpc) is 3.17. The molecule has 1 aliphatic carbocycles. The van der Waals surface area contributed by atoms with E-state index in [1.54, 1.807) is 0 Å². The van der Waals surface area contributed by atoms with Gasteiger partial charge in [-0.2, -0.15) is 0 Å². The van der Waals surface area contributed by atoms with Crippen LogP contribution in [0.15, 0.2) is 36.4 Å². The van der Waals surface area contributed by atoms with Gasteiger partial charge in [0.2, 0.25) is 0 Å². The highest BCUT2D eigenvalue weighted by atomic mass is 32.1. The van der Waals surface area contributed by atoms with Gasteiger partial charge >= 0.3 is 0 Å². The normalized spacial score (nSPS) is 13.5. The molecular formula is C17H16N2OS. The molecule has 0 radical (unpaired) electrons. The minimum absolute atomic E-state index is 0.0419. The number of nitrogens with one attached hydrogen (secondary N) is 2. The highest BCUT2D eigenvalue weighted by molar-refractivity contribution is 7.12. The second-order valence-corrected chi connectivity index (χ2v) is 6.69. The number of thiophene rings is 1. The highest BCUT2D eigenvalue weighted by Gasteiger charge is 2.15. The van der Waals surface area contributed by atoms with Crippen molar-refractivity contribution in [1.29, 1.82) is 0 Å². The first-order valence-electron chi connectivity index (χ1n) is 7.26. The summed E-state index contributed by atoms with van der Waals surface area (Å²) < 4.78 is 0. The number of amides is 1. The molecule has 4 heteroatoms. The molecule has 21 heavy (non-hydrogen) atoms. The van der Waals surface area contributed by atoms with Gasteiger partial charge in [0.25, 0.3) is 5.91 Å². The summed E-state index contributed by atoms with van der Waals surface area (Å²) in [7, 11) is 0. The largest absolute Gasteiger partial charge is 0.351 e. The van der Waals surface area contributed by atoms with Gasteiger partial charge in [-0.3, -0.25) is 4.79 Å². The molecule has 106 valence electrons. The van der Waals surface area contributed by atoms with Crippen molar-refractivity contribution >= 4 is 28.1 Å². The van der Waals surface area contributed by atoms with Crippen LogP contribution in [0.5, 0.6) is 0 Å². The van der Waals surface area contributed by atoms with E-state index in [1.165, 1.54) is 34.6 Å². The molecule has 0 unspecified atom stereocenters. The molecule has 1 amide bonds. The Morgan fingerprint density at radius 3 is 3.00 bits per heavy atom. The number of carbonyl (C=O) groups excluding carboxylic acids is 1. The lowest BCUT2D eigenvalue weighted by Crippen LogP contribution is -2.22. The van der Waals surface area contributed by atoms with Crippen LogP contribution in [0, 0.1) is 0 Å². The quantitative estimate of drug-likeness (QED) is 0.761. The van der Waals surface area contributed by atoms with Crippen LogP contribution in [0.25, 0.3) is 10.9 Å². The summed E-state index contributed by atoms with van der Waals surface area (Å²) in [5.41, 5.74) is 3.10. The van der Waals surface area contributed by atoms with Gasteiger partial charge in [-0.15, -0.1) is 11.3 Å². The Bertz CT molecular complexity index is 761. The molecule has 3 aromatic rings. The number of aromatic amines is 1. The molecule has 0 bridgehead atoms. The predicted molar refractivity (Wildman–Crippen MR) is 85.8 cm³/mol. The first-order valence-corrected chi connectivity index (χ1v) is 8.08. The third-order valence-electron chi connectivity index (χ3n) is 4.00. The molecule has 4 rings (SSSR count). The Hall–Kier alpha value is -2.07. The van der Waals surface area contributed by atoms with E-state index in [4.69, 9.17) is 0 Å². The van der Waals surface area contributed by atoms with Crippen LogP contribution >= 0.6 is 11.3 Å². The van der Waals surface area contributed by atoms with Gasteiger partial charge < -0.3 is 10.3 Å². The molecule has 0 atom stereocenters.